The van der Waals surface area contributed by atoms with E-state index in [0.717, 1.165) is 12.2 Å². The summed E-state index contributed by atoms with van der Waals surface area (Å²) in [5.41, 5.74) is -2.59. The number of rotatable bonds is 8. The van der Waals surface area contributed by atoms with Gasteiger partial charge in [-0.15, -0.1) is 0 Å². The monoisotopic (exact) mass is 554 g/mol. The zero-order valence-corrected chi connectivity index (χ0v) is 22.9. The van der Waals surface area contributed by atoms with E-state index in [4.69, 9.17) is 4.74 Å². The van der Waals surface area contributed by atoms with E-state index in [-0.39, 0.29) is 17.2 Å². The number of nitrogens with one attached hydrogen (secondary N) is 2. The first-order valence-corrected chi connectivity index (χ1v) is 12.9. The van der Waals surface area contributed by atoms with Crippen molar-refractivity contribution in [1.82, 2.24) is 10.4 Å². The Morgan fingerprint density at radius 2 is 1.70 bits per heavy atom. The molecule has 12 heteroatoms. The molecule has 4 unspecified atom stereocenters. The van der Waals surface area contributed by atoms with Crippen molar-refractivity contribution >= 4 is 35.1 Å². The van der Waals surface area contributed by atoms with E-state index in [1.807, 2.05) is 0 Å². The number of nitrogens with zero attached hydrogens (tertiary/aromatic N) is 2. The number of ether oxygens (including phenoxy) is 1. The molecule has 0 aliphatic carbocycles. The highest BCUT2D eigenvalue weighted by atomic mass is 16.5. The van der Waals surface area contributed by atoms with Crippen LogP contribution in [0.2, 0.25) is 0 Å². The summed E-state index contributed by atoms with van der Waals surface area (Å²) in [4.78, 5) is 53.3. The number of para-hydroxylation sites is 2. The Morgan fingerprint density at radius 1 is 1.07 bits per heavy atom. The maximum absolute atomic E-state index is 13.4. The molecule has 5 N–H and O–H groups in total. The second-order valence-electron chi connectivity index (χ2n) is 10.9. The van der Waals surface area contributed by atoms with Gasteiger partial charge in [0.25, 0.3) is 17.7 Å². The van der Waals surface area contributed by atoms with Gasteiger partial charge >= 0.3 is 5.97 Å². The molecule has 214 valence electrons. The molecule has 4 atom stereocenters. The van der Waals surface area contributed by atoms with Gasteiger partial charge in [0, 0.05) is 12.0 Å². The third kappa shape index (κ3) is 4.73. The third-order valence-electron chi connectivity index (χ3n) is 7.48. The average molecular weight is 555 g/mol. The lowest BCUT2D eigenvalue weighted by atomic mass is 9.85. The van der Waals surface area contributed by atoms with Crippen LogP contribution in [-0.4, -0.2) is 75.1 Å². The molecule has 1 saturated heterocycles. The Labute approximate surface area is 231 Å². The summed E-state index contributed by atoms with van der Waals surface area (Å²) in [6.07, 6.45) is -3.04. The van der Waals surface area contributed by atoms with Crippen LogP contribution in [0.1, 0.15) is 50.0 Å². The number of aliphatic hydroxyl groups excluding tert-OH is 1. The van der Waals surface area contributed by atoms with E-state index in [2.05, 4.69) is 10.6 Å². The molecule has 2 aliphatic rings. The smallest absolute Gasteiger partial charge is 0.328 e. The molecule has 2 aromatic carbocycles. The molecule has 1 fully saturated rings. The molecule has 0 radical (unpaired) electrons. The molecule has 12 nitrogen and oxygen atoms in total. The van der Waals surface area contributed by atoms with Crippen LogP contribution in [0.15, 0.2) is 48.5 Å². The number of hydroxylamine groups is 2. The summed E-state index contributed by atoms with van der Waals surface area (Å²) in [5.74, 6) is -3.15. The summed E-state index contributed by atoms with van der Waals surface area (Å²) < 4.78 is 4.92. The van der Waals surface area contributed by atoms with Crippen LogP contribution in [0.3, 0.4) is 0 Å². The first kappa shape index (κ1) is 29.2. The van der Waals surface area contributed by atoms with E-state index in [1.165, 1.54) is 30.9 Å². The molecule has 4 rings (SSSR count). The number of amides is 3. The number of carbonyl (C=O) groups is 4. The summed E-state index contributed by atoms with van der Waals surface area (Å²) in [5, 5.41) is 39.1. The van der Waals surface area contributed by atoms with E-state index in [9.17, 15) is 34.6 Å². The molecule has 0 saturated carbocycles. The Hall–Kier alpha value is -3.84. The number of hydrogen-bond donors (Lipinski definition) is 5. The summed E-state index contributed by atoms with van der Waals surface area (Å²) in [6.45, 7) is 6.36. The fraction of sp³-hybridized carbons (Fsp3) is 0.429. The lowest BCUT2D eigenvalue weighted by molar-refractivity contribution is -0.209. The van der Waals surface area contributed by atoms with Gasteiger partial charge in [0.1, 0.15) is 29.5 Å². The maximum Gasteiger partial charge on any atom is 0.328 e. The number of benzene rings is 2. The molecular weight excluding hydrogens is 520 g/mol. The third-order valence-corrected chi connectivity index (χ3v) is 7.48. The van der Waals surface area contributed by atoms with Crippen molar-refractivity contribution in [2.24, 2.45) is 5.92 Å². The summed E-state index contributed by atoms with van der Waals surface area (Å²) in [6, 6.07) is 11.2. The predicted octanol–water partition coefficient (Wildman–Crippen LogP) is 1.35. The first-order chi connectivity index (χ1) is 18.7. The molecule has 0 spiro atoms. The fourth-order valence-electron chi connectivity index (χ4n) is 5.16. The summed E-state index contributed by atoms with van der Waals surface area (Å²) in [7, 11) is 1.13. The lowest BCUT2D eigenvalue weighted by Gasteiger charge is -2.37. The number of esters is 1. The molecule has 3 amide bonds. The van der Waals surface area contributed by atoms with Gasteiger partial charge in [0.2, 0.25) is 0 Å². The average Bonchev–Trinajstić information content (AvgIpc) is 3.28. The van der Waals surface area contributed by atoms with Crippen LogP contribution in [-0.2, 0) is 24.7 Å². The van der Waals surface area contributed by atoms with Gasteiger partial charge < -0.3 is 30.8 Å². The summed E-state index contributed by atoms with van der Waals surface area (Å²) >= 11 is 0. The number of hydrogen-bond acceptors (Lipinski definition) is 9. The number of fused-ring (bicyclic) bond motifs is 3. The van der Waals surface area contributed by atoms with Crippen molar-refractivity contribution in [3.05, 3.63) is 59.7 Å². The molecule has 2 aliphatic heterocycles. The van der Waals surface area contributed by atoms with Gasteiger partial charge in [0.05, 0.1) is 24.0 Å². The molecule has 2 heterocycles. The number of carbonyl (C=O) groups excluding carboxylic acids is 4. The van der Waals surface area contributed by atoms with Crippen LogP contribution in [0, 0.1) is 5.92 Å². The number of aliphatic hydroxyl groups is 2. The minimum absolute atomic E-state index is 0.00195. The molecule has 0 aromatic heterocycles. The van der Waals surface area contributed by atoms with Crippen molar-refractivity contribution < 1.29 is 39.3 Å². The molecule has 40 heavy (non-hydrogen) atoms. The highest BCUT2D eigenvalue weighted by molar-refractivity contribution is 6.06. The highest BCUT2D eigenvalue weighted by Gasteiger charge is 2.65. The van der Waals surface area contributed by atoms with Gasteiger partial charge in [-0.3, -0.25) is 19.3 Å². The molecule has 0 bridgehead atoms. The van der Waals surface area contributed by atoms with E-state index in [0.29, 0.717) is 11.3 Å². The van der Waals surface area contributed by atoms with Crippen LogP contribution in [0.5, 0.6) is 0 Å². The van der Waals surface area contributed by atoms with Crippen molar-refractivity contribution in [1.29, 1.82) is 0 Å². The van der Waals surface area contributed by atoms with Crippen molar-refractivity contribution in [2.45, 2.75) is 63.6 Å². The quantitative estimate of drug-likeness (QED) is 0.302. The Balaban J connectivity index is 1.67. The van der Waals surface area contributed by atoms with Crippen molar-refractivity contribution in [2.75, 3.05) is 17.3 Å². The Bertz CT molecular complexity index is 1350. The second-order valence-corrected chi connectivity index (χ2v) is 10.9. The SMILES string of the molecule is COC(=O)C(CC1(O)c2ccccc2N2C(=O)C(C)(C)N(O)C21)NC(=O)c1ccccc1NC(=O)C(O)C(C)C. The minimum atomic E-state index is -1.99. The van der Waals surface area contributed by atoms with Gasteiger partial charge in [-0.1, -0.05) is 44.2 Å². The van der Waals surface area contributed by atoms with Gasteiger partial charge in [-0.25, -0.2) is 4.79 Å². The molecular formula is C28H34N4O8. The first-order valence-electron chi connectivity index (χ1n) is 12.9. The van der Waals surface area contributed by atoms with Gasteiger partial charge in [-0.2, -0.15) is 5.06 Å². The number of methoxy groups -OCH3 is 1. The minimum Gasteiger partial charge on any atom is -0.467 e. The Morgan fingerprint density at radius 3 is 2.35 bits per heavy atom. The predicted molar refractivity (Wildman–Crippen MR) is 143 cm³/mol. The largest absolute Gasteiger partial charge is 0.467 e. The molecule has 2 aromatic rings. The van der Waals surface area contributed by atoms with Crippen LogP contribution < -0.4 is 15.5 Å². The van der Waals surface area contributed by atoms with Crippen molar-refractivity contribution in [3.8, 4) is 0 Å². The van der Waals surface area contributed by atoms with Crippen molar-refractivity contribution in [3.63, 3.8) is 0 Å². The van der Waals surface area contributed by atoms with Crippen LogP contribution in [0.4, 0.5) is 11.4 Å². The van der Waals surface area contributed by atoms with E-state index < -0.39 is 59.6 Å². The normalized spacial score (nSPS) is 22.9. The lowest BCUT2D eigenvalue weighted by Crippen LogP contribution is -2.56. The topological polar surface area (TPSA) is 169 Å². The fourth-order valence-corrected chi connectivity index (χ4v) is 5.16. The van der Waals surface area contributed by atoms with Gasteiger partial charge in [0.15, 0.2) is 0 Å². The highest BCUT2D eigenvalue weighted by Crippen LogP contribution is 2.52. The van der Waals surface area contributed by atoms with Crippen LogP contribution in [0.25, 0.3) is 0 Å². The van der Waals surface area contributed by atoms with Crippen LogP contribution >= 0.6 is 0 Å². The zero-order valence-electron chi connectivity index (χ0n) is 22.9. The van der Waals surface area contributed by atoms with Gasteiger partial charge in [-0.05, 0) is 38.0 Å². The maximum atomic E-state index is 13.4. The number of anilines is 2. The second kappa shape index (κ2) is 10.6. The van der Waals surface area contributed by atoms with E-state index >= 15 is 0 Å². The standard InChI is InChI=1S/C28H34N4O8/c1-15(2)21(33)23(35)29-18-12-8-6-10-16(18)22(34)30-19(24(36)40-5)14-28(38)17-11-7-9-13-20(17)31-25(28)32(39)27(3,4)26(31)37/h6-13,15,19,21,25,33,38-39H,14H2,1-5H3,(H,29,35)(H,30,34). The Kier molecular flexibility index (Phi) is 7.74. The zero-order chi connectivity index (χ0) is 29.6. The van der Waals surface area contributed by atoms with E-state index in [1.54, 1.807) is 50.2 Å².